The predicted octanol–water partition coefficient (Wildman–Crippen LogP) is 3.72. The van der Waals surface area contributed by atoms with Gasteiger partial charge in [-0.3, -0.25) is 4.79 Å². The SMILES string of the molecule is COc1ccc2ccc(S(=O)(=O)N[C@@H](Cc3cc4c(N)nccc4o3)C(=O)N3CCC(C)CC3)cc2c1. The number of rotatable bonds is 7. The van der Waals surface area contributed by atoms with Crippen LogP contribution in [0.5, 0.6) is 5.75 Å². The maximum atomic E-state index is 13.6. The molecule has 0 saturated carbocycles. The van der Waals surface area contributed by atoms with Gasteiger partial charge in [-0.25, -0.2) is 13.4 Å². The number of nitrogen functional groups attached to an aromatic ring is 1. The van der Waals surface area contributed by atoms with E-state index in [9.17, 15) is 13.2 Å². The number of likely N-dealkylation sites (tertiary alicyclic amines) is 1. The number of methoxy groups -OCH3 is 1. The minimum absolute atomic E-state index is 0.0413. The van der Waals surface area contributed by atoms with Crippen LogP contribution >= 0.6 is 0 Å². The number of benzene rings is 2. The fourth-order valence-electron chi connectivity index (χ4n) is 4.72. The molecule has 1 atom stereocenters. The van der Waals surface area contributed by atoms with Gasteiger partial charge in [0.1, 0.15) is 29.0 Å². The molecule has 9 nitrogen and oxygen atoms in total. The van der Waals surface area contributed by atoms with Crippen LogP contribution in [0.4, 0.5) is 5.82 Å². The average molecular weight is 523 g/mol. The first-order valence-corrected chi connectivity index (χ1v) is 13.7. The van der Waals surface area contributed by atoms with Crippen LogP contribution in [0.1, 0.15) is 25.5 Å². The summed E-state index contributed by atoms with van der Waals surface area (Å²) >= 11 is 0. The summed E-state index contributed by atoms with van der Waals surface area (Å²) < 4.78 is 40.9. The summed E-state index contributed by atoms with van der Waals surface area (Å²) in [7, 11) is -2.48. The lowest BCUT2D eigenvalue weighted by molar-refractivity contribution is -0.134. The zero-order valence-corrected chi connectivity index (χ0v) is 21.6. The number of nitrogens with two attached hydrogens (primary N) is 1. The van der Waals surface area contributed by atoms with Crippen LogP contribution in [0, 0.1) is 5.92 Å². The van der Waals surface area contributed by atoms with Crippen molar-refractivity contribution in [2.24, 2.45) is 5.92 Å². The van der Waals surface area contributed by atoms with Crippen molar-refractivity contribution in [1.29, 1.82) is 0 Å². The monoisotopic (exact) mass is 522 g/mol. The highest BCUT2D eigenvalue weighted by atomic mass is 32.2. The van der Waals surface area contributed by atoms with E-state index in [0.29, 0.717) is 47.3 Å². The van der Waals surface area contributed by atoms with Crippen molar-refractivity contribution in [3.63, 3.8) is 0 Å². The van der Waals surface area contributed by atoms with E-state index in [1.165, 1.54) is 6.07 Å². The molecule has 1 saturated heterocycles. The van der Waals surface area contributed by atoms with Crippen LogP contribution in [0.15, 0.2) is 64.0 Å². The Morgan fingerprint density at radius 2 is 1.92 bits per heavy atom. The van der Waals surface area contributed by atoms with Crippen LogP contribution in [0.3, 0.4) is 0 Å². The number of carbonyl (C=O) groups is 1. The molecule has 0 radical (unpaired) electrons. The first-order chi connectivity index (χ1) is 17.7. The summed E-state index contributed by atoms with van der Waals surface area (Å²) in [5.41, 5.74) is 6.50. The maximum Gasteiger partial charge on any atom is 0.241 e. The van der Waals surface area contributed by atoms with Gasteiger partial charge in [-0.1, -0.05) is 19.1 Å². The number of aromatic nitrogens is 1. The average Bonchev–Trinajstić information content (AvgIpc) is 3.31. The number of piperidine rings is 1. The third-order valence-electron chi connectivity index (χ3n) is 6.95. The Hall–Kier alpha value is -3.63. The minimum atomic E-state index is -4.04. The molecule has 4 aromatic rings. The van der Waals surface area contributed by atoms with Crippen LogP contribution in [0.2, 0.25) is 0 Å². The molecule has 0 unspecified atom stereocenters. The van der Waals surface area contributed by atoms with Gasteiger partial charge in [0.05, 0.1) is 17.4 Å². The zero-order chi connectivity index (χ0) is 26.2. The molecule has 10 heteroatoms. The van der Waals surface area contributed by atoms with Crippen LogP contribution in [0.25, 0.3) is 21.7 Å². The predicted molar refractivity (Wildman–Crippen MR) is 142 cm³/mol. The molecule has 2 aromatic heterocycles. The van der Waals surface area contributed by atoms with Crippen LogP contribution < -0.4 is 15.2 Å². The Kier molecular flexibility index (Phi) is 6.78. The molecular formula is C27H30N4O5S. The molecule has 194 valence electrons. The summed E-state index contributed by atoms with van der Waals surface area (Å²) in [6.45, 7) is 3.33. The van der Waals surface area contributed by atoms with Crippen LogP contribution in [-0.2, 0) is 21.2 Å². The van der Waals surface area contributed by atoms with Gasteiger partial charge >= 0.3 is 0 Å². The highest BCUT2D eigenvalue weighted by molar-refractivity contribution is 7.89. The largest absolute Gasteiger partial charge is 0.497 e. The molecule has 2 aromatic carbocycles. The Bertz CT molecular complexity index is 1560. The lowest BCUT2D eigenvalue weighted by Gasteiger charge is -2.33. The number of fused-ring (bicyclic) bond motifs is 2. The first-order valence-electron chi connectivity index (χ1n) is 12.3. The normalized spacial score (nSPS) is 15.8. The highest BCUT2D eigenvalue weighted by Gasteiger charge is 2.32. The van der Waals surface area contributed by atoms with E-state index in [-0.39, 0.29) is 17.2 Å². The molecule has 0 aliphatic carbocycles. The second-order valence-corrected chi connectivity index (χ2v) is 11.3. The van der Waals surface area contributed by atoms with Crippen molar-refractivity contribution in [3.05, 3.63) is 60.5 Å². The van der Waals surface area contributed by atoms with E-state index in [0.717, 1.165) is 23.6 Å². The molecule has 1 fully saturated rings. The molecule has 0 bridgehead atoms. The number of furan rings is 1. The summed E-state index contributed by atoms with van der Waals surface area (Å²) in [6, 6.07) is 12.7. The number of hydrogen-bond donors (Lipinski definition) is 2. The Labute approximate surface area is 215 Å². The molecule has 3 N–H and O–H groups in total. The van der Waals surface area contributed by atoms with Gasteiger partial charge in [0, 0.05) is 25.7 Å². The highest BCUT2D eigenvalue weighted by Crippen LogP contribution is 2.27. The summed E-state index contributed by atoms with van der Waals surface area (Å²) in [5, 5.41) is 2.22. The fourth-order valence-corrected chi connectivity index (χ4v) is 5.94. The summed E-state index contributed by atoms with van der Waals surface area (Å²) in [6.07, 6.45) is 3.34. The van der Waals surface area contributed by atoms with Crippen molar-refractivity contribution in [3.8, 4) is 5.75 Å². The van der Waals surface area contributed by atoms with E-state index in [1.54, 1.807) is 48.5 Å². The van der Waals surface area contributed by atoms with Gasteiger partial charge in [0.2, 0.25) is 15.9 Å². The number of amides is 1. The number of hydrogen-bond acceptors (Lipinski definition) is 7. The third-order valence-corrected chi connectivity index (χ3v) is 8.42. The number of nitrogens with zero attached hydrogens (tertiary/aromatic N) is 2. The molecule has 3 heterocycles. The second kappa shape index (κ2) is 10.0. The van der Waals surface area contributed by atoms with Gasteiger partial charge in [-0.05, 0) is 65.9 Å². The third kappa shape index (κ3) is 5.26. The van der Waals surface area contributed by atoms with E-state index in [4.69, 9.17) is 14.9 Å². The van der Waals surface area contributed by atoms with E-state index >= 15 is 0 Å². The van der Waals surface area contributed by atoms with Crippen molar-refractivity contribution in [2.45, 2.75) is 37.1 Å². The molecule has 1 aliphatic heterocycles. The Balaban J connectivity index is 1.47. The van der Waals surface area contributed by atoms with Crippen LogP contribution in [-0.4, -0.2) is 50.5 Å². The Morgan fingerprint density at radius 3 is 2.65 bits per heavy atom. The fraction of sp³-hybridized carbons (Fsp3) is 0.333. The number of sulfonamides is 1. The first kappa shape index (κ1) is 25.0. The minimum Gasteiger partial charge on any atom is -0.497 e. The molecule has 1 amide bonds. The topological polar surface area (TPSA) is 128 Å². The van der Waals surface area contributed by atoms with Crippen molar-refractivity contribution in [1.82, 2.24) is 14.6 Å². The zero-order valence-electron chi connectivity index (χ0n) is 20.8. The van der Waals surface area contributed by atoms with E-state index in [2.05, 4.69) is 16.6 Å². The second-order valence-electron chi connectivity index (χ2n) is 9.58. The number of nitrogens with one attached hydrogen (secondary N) is 1. The smallest absolute Gasteiger partial charge is 0.241 e. The van der Waals surface area contributed by atoms with E-state index < -0.39 is 16.1 Å². The van der Waals surface area contributed by atoms with Gasteiger partial charge < -0.3 is 19.8 Å². The number of ether oxygens (including phenoxy) is 1. The van der Waals surface area contributed by atoms with Gasteiger partial charge in [-0.2, -0.15) is 4.72 Å². The number of anilines is 1. The Morgan fingerprint density at radius 1 is 1.16 bits per heavy atom. The van der Waals surface area contributed by atoms with Crippen molar-refractivity contribution < 1.29 is 22.4 Å². The summed E-state index contributed by atoms with van der Waals surface area (Å²) in [4.78, 5) is 19.5. The van der Waals surface area contributed by atoms with E-state index in [1.807, 2.05) is 12.1 Å². The molecular weight excluding hydrogens is 492 g/mol. The quantitative estimate of drug-likeness (QED) is 0.379. The molecule has 5 rings (SSSR count). The number of carbonyl (C=O) groups excluding carboxylic acids is 1. The molecule has 1 aliphatic rings. The molecule has 0 spiro atoms. The van der Waals surface area contributed by atoms with Crippen molar-refractivity contribution in [2.75, 3.05) is 25.9 Å². The number of pyridine rings is 1. The summed E-state index contributed by atoms with van der Waals surface area (Å²) in [5.74, 6) is 1.64. The van der Waals surface area contributed by atoms with Gasteiger partial charge in [-0.15, -0.1) is 0 Å². The lowest BCUT2D eigenvalue weighted by atomic mass is 9.98. The maximum absolute atomic E-state index is 13.6. The van der Waals surface area contributed by atoms with Gasteiger partial charge in [0.15, 0.2) is 0 Å². The van der Waals surface area contributed by atoms with Crippen molar-refractivity contribution >= 4 is 43.5 Å². The lowest BCUT2D eigenvalue weighted by Crippen LogP contribution is -2.51. The molecule has 37 heavy (non-hydrogen) atoms. The van der Waals surface area contributed by atoms with Gasteiger partial charge in [0.25, 0.3) is 0 Å². The standard InChI is InChI=1S/C27H30N4O5S/c1-17-8-11-31(12-9-17)27(32)24(16-21-15-23-25(36-21)7-10-29-26(23)28)30-37(33,34)22-6-4-18-3-5-20(35-2)13-19(18)14-22/h3-7,10,13-15,17,24,30H,8-9,11-12,16H2,1-2H3,(H2,28,29)/t24-/m0/s1.